The Morgan fingerprint density at radius 1 is 1.47 bits per heavy atom. The fourth-order valence-electron chi connectivity index (χ4n) is 2.01. The van der Waals surface area contributed by atoms with Crippen molar-refractivity contribution in [1.29, 1.82) is 0 Å². The zero-order valence-electron chi connectivity index (χ0n) is 10.5. The Balaban J connectivity index is 1.67. The van der Waals surface area contributed by atoms with Crippen LogP contribution in [0, 0.1) is 0 Å². The molecule has 3 nitrogen and oxygen atoms in total. The lowest BCUT2D eigenvalue weighted by Gasteiger charge is -2.13. The minimum atomic E-state index is 0.249. The largest absolute Gasteiger partial charge is 0.305 e. The minimum absolute atomic E-state index is 0.249. The molecule has 1 N–H and O–H groups in total. The molecule has 0 amide bonds. The number of halogens is 1. The molecule has 0 unspecified atom stereocenters. The number of hydrogen-bond donors (Lipinski definition) is 1. The van der Waals surface area contributed by atoms with Gasteiger partial charge in [-0.15, -0.1) is 11.3 Å². The molecule has 3 rings (SSSR count). The zero-order chi connectivity index (χ0) is 13.2. The summed E-state index contributed by atoms with van der Waals surface area (Å²) in [5.74, 6) is 0. The fourth-order valence-corrected chi connectivity index (χ4v) is 2.93. The van der Waals surface area contributed by atoms with Gasteiger partial charge in [0, 0.05) is 35.4 Å². The number of nitrogens with zero attached hydrogens (tertiary/aromatic N) is 2. The normalized spacial score (nSPS) is 12.9. The number of thiazole rings is 1. The third-order valence-corrected chi connectivity index (χ3v) is 4.09. The van der Waals surface area contributed by atoms with Gasteiger partial charge in [-0.1, -0.05) is 23.7 Å². The van der Waals surface area contributed by atoms with Crippen LogP contribution in [0.1, 0.15) is 24.2 Å². The Kier molecular flexibility index (Phi) is 3.55. The summed E-state index contributed by atoms with van der Waals surface area (Å²) in [6.07, 6.45) is 4.08. The second-order valence-corrected chi connectivity index (χ2v) is 5.79. The van der Waals surface area contributed by atoms with Crippen LogP contribution in [0.2, 0.25) is 5.02 Å². The summed E-state index contributed by atoms with van der Waals surface area (Å²) in [7, 11) is 0. The first-order valence-corrected chi connectivity index (χ1v) is 7.38. The summed E-state index contributed by atoms with van der Waals surface area (Å²) in [4.78, 5) is 5.58. The lowest BCUT2D eigenvalue weighted by molar-refractivity contribution is 0.569. The van der Waals surface area contributed by atoms with Crippen molar-refractivity contribution in [3.8, 4) is 0 Å². The van der Waals surface area contributed by atoms with Gasteiger partial charge in [0.2, 0.25) is 0 Å². The first-order chi connectivity index (χ1) is 9.22. The smallest absolute Gasteiger partial charge is 0.193 e. The van der Waals surface area contributed by atoms with Crippen molar-refractivity contribution >= 4 is 27.9 Å². The van der Waals surface area contributed by atoms with Crippen LogP contribution in [-0.2, 0) is 6.54 Å². The second kappa shape index (κ2) is 5.33. The van der Waals surface area contributed by atoms with E-state index in [0.717, 1.165) is 22.2 Å². The highest BCUT2D eigenvalue weighted by atomic mass is 35.5. The van der Waals surface area contributed by atoms with Crippen LogP contribution in [0.3, 0.4) is 0 Å². The highest BCUT2D eigenvalue weighted by Gasteiger charge is 2.07. The van der Waals surface area contributed by atoms with Gasteiger partial charge in [0.15, 0.2) is 4.96 Å². The Hall–Kier alpha value is -1.36. The number of hydrogen-bond acceptors (Lipinski definition) is 3. The molecule has 1 aromatic carbocycles. The van der Waals surface area contributed by atoms with E-state index < -0.39 is 0 Å². The van der Waals surface area contributed by atoms with Crippen LogP contribution < -0.4 is 5.32 Å². The van der Waals surface area contributed by atoms with Crippen LogP contribution in [0.15, 0.2) is 42.0 Å². The maximum atomic E-state index is 6.00. The van der Waals surface area contributed by atoms with Gasteiger partial charge in [-0.25, -0.2) is 4.98 Å². The van der Waals surface area contributed by atoms with E-state index in [-0.39, 0.29) is 6.04 Å². The van der Waals surface area contributed by atoms with E-state index in [4.69, 9.17) is 11.6 Å². The molecule has 0 aliphatic rings. The molecule has 0 fully saturated rings. The standard InChI is InChI=1S/C14H14ClN3S/c1-10(11-3-2-4-12(15)7-11)16-8-13-9-18-5-6-19-14(18)17-13/h2-7,9-10,16H,8H2,1H3/t10-/m0/s1. The number of aromatic nitrogens is 2. The average molecular weight is 292 g/mol. The van der Waals surface area contributed by atoms with Crippen molar-refractivity contribution in [2.45, 2.75) is 19.5 Å². The first kappa shape index (κ1) is 12.7. The summed E-state index contributed by atoms with van der Waals surface area (Å²) in [6.45, 7) is 2.88. The van der Waals surface area contributed by atoms with Crippen LogP contribution in [0.25, 0.3) is 4.96 Å². The third-order valence-electron chi connectivity index (χ3n) is 3.08. The third kappa shape index (κ3) is 2.81. The van der Waals surface area contributed by atoms with Crippen LogP contribution in [0.4, 0.5) is 0 Å². The van der Waals surface area contributed by atoms with Crippen LogP contribution >= 0.6 is 22.9 Å². The van der Waals surface area contributed by atoms with E-state index in [9.17, 15) is 0 Å². The number of rotatable bonds is 4. The van der Waals surface area contributed by atoms with Gasteiger partial charge < -0.3 is 5.32 Å². The maximum absolute atomic E-state index is 6.00. The highest BCUT2D eigenvalue weighted by Crippen LogP contribution is 2.18. The van der Waals surface area contributed by atoms with E-state index in [1.807, 2.05) is 34.2 Å². The average Bonchev–Trinajstić information content (AvgIpc) is 2.96. The van der Waals surface area contributed by atoms with Crippen LogP contribution in [-0.4, -0.2) is 9.38 Å². The van der Waals surface area contributed by atoms with Crippen molar-refractivity contribution < 1.29 is 0 Å². The van der Waals surface area contributed by atoms with Crippen molar-refractivity contribution in [3.05, 3.63) is 58.3 Å². The quantitative estimate of drug-likeness (QED) is 0.790. The molecule has 0 saturated carbocycles. The SMILES string of the molecule is C[C@H](NCc1cn2ccsc2n1)c1cccc(Cl)c1. The Morgan fingerprint density at radius 3 is 3.16 bits per heavy atom. The Morgan fingerprint density at radius 2 is 2.37 bits per heavy atom. The van der Waals surface area contributed by atoms with Crippen LogP contribution in [0.5, 0.6) is 0 Å². The zero-order valence-corrected chi connectivity index (χ0v) is 12.1. The van der Waals surface area contributed by atoms with E-state index in [1.54, 1.807) is 11.3 Å². The molecular weight excluding hydrogens is 278 g/mol. The molecule has 98 valence electrons. The number of imidazole rings is 1. The molecule has 0 saturated heterocycles. The van der Waals surface area contributed by atoms with Crippen molar-refractivity contribution in [2.24, 2.45) is 0 Å². The van der Waals surface area contributed by atoms with Gasteiger partial charge in [-0.2, -0.15) is 0 Å². The summed E-state index contributed by atoms with van der Waals surface area (Å²) in [6, 6.07) is 8.18. The Bertz CT molecular complexity index is 660. The second-order valence-electron chi connectivity index (χ2n) is 4.48. The van der Waals surface area contributed by atoms with Gasteiger partial charge in [-0.3, -0.25) is 4.40 Å². The number of fused-ring (bicyclic) bond motifs is 1. The topological polar surface area (TPSA) is 29.3 Å². The number of benzene rings is 1. The summed E-state index contributed by atoms with van der Waals surface area (Å²) < 4.78 is 2.05. The van der Waals surface area contributed by atoms with Gasteiger partial charge >= 0.3 is 0 Å². The molecule has 19 heavy (non-hydrogen) atoms. The molecule has 2 aromatic heterocycles. The predicted octanol–water partition coefficient (Wildman–Crippen LogP) is 3.90. The van der Waals surface area contributed by atoms with Gasteiger partial charge in [-0.05, 0) is 24.6 Å². The molecular formula is C14H14ClN3S. The van der Waals surface area contributed by atoms with Gasteiger partial charge in [0.25, 0.3) is 0 Å². The van der Waals surface area contributed by atoms with E-state index in [1.165, 1.54) is 5.56 Å². The molecule has 0 aliphatic carbocycles. The highest BCUT2D eigenvalue weighted by molar-refractivity contribution is 7.15. The Labute approximate surface area is 120 Å². The molecule has 1 atom stereocenters. The summed E-state index contributed by atoms with van der Waals surface area (Å²) in [5, 5.41) is 6.27. The molecule has 0 bridgehead atoms. The molecule has 0 aliphatic heterocycles. The summed E-state index contributed by atoms with van der Waals surface area (Å²) >= 11 is 7.65. The molecule has 0 spiro atoms. The minimum Gasteiger partial charge on any atom is -0.305 e. The van der Waals surface area contributed by atoms with Crippen molar-refractivity contribution in [2.75, 3.05) is 0 Å². The van der Waals surface area contributed by atoms with Gasteiger partial charge in [0.1, 0.15) is 0 Å². The van der Waals surface area contributed by atoms with Gasteiger partial charge in [0.05, 0.1) is 5.69 Å². The number of nitrogens with one attached hydrogen (secondary N) is 1. The fraction of sp³-hybridized carbons (Fsp3) is 0.214. The van der Waals surface area contributed by atoms with E-state index in [0.29, 0.717) is 0 Å². The maximum Gasteiger partial charge on any atom is 0.193 e. The molecule has 0 radical (unpaired) electrons. The predicted molar refractivity (Wildman–Crippen MR) is 79.8 cm³/mol. The molecule has 2 heterocycles. The monoisotopic (exact) mass is 291 g/mol. The molecule has 3 aromatic rings. The van der Waals surface area contributed by atoms with Crippen molar-refractivity contribution in [1.82, 2.24) is 14.7 Å². The lowest BCUT2D eigenvalue weighted by atomic mass is 10.1. The van der Waals surface area contributed by atoms with Crippen molar-refractivity contribution in [3.63, 3.8) is 0 Å². The van der Waals surface area contributed by atoms with E-state index in [2.05, 4.69) is 29.5 Å². The first-order valence-electron chi connectivity index (χ1n) is 6.12. The lowest BCUT2D eigenvalue weighted by Crippen LogP contribution is -2.18. The molecule has 5 heteroatoms. The van der Waals surface area contributed by atoms with E-state index >= 15 is 0 Å². The summed E-state index contributed by atoms with van der Waals surface area (Å²) in [5.41, 5.74) is 2.24.